The van der Waals surface area contributed by atoms with Crippen LogP contribution < -0.4 is 0 Å². The maximum Gasteiger partial charge on any atom is 0.230 e. The number of carbonyl (C=O) groups excluding carboxylic acids is 1. The van der Waals surface area contributed by atoms with Gasteiger partial charge in [-0.1, -0.05) is 18.7 Å². The van der Waals surface area contributed by atoms with E-state index in [1.165, 1.54) is 4.24 Å². The van der Waals surface area contributed by atoms with Gasteiger partial charge in [0.25, 0.3) is 0 Å². The van der Waals surface area contributed by atoms with Crippen molar-refractivity contribution in [1.82, 2.24) is 4.90 Å². The van der Waals surface area contributed by atoms with E-state index < -0.39 is 0 Å². The standard InChI is InChI=1S/C7H9NOS2/c1-2-10-7-4-8-5(9)3-6(8)11-7/h4,6H,2-3H2,1H3. The molecule has 0 N–H and O–H groups in total. The molecule has 2 aliphatic heterocycles. The van der Waals surface area contributed by atoms with Crippen molar-refractivity contribution in [3.05, 3.63) is 10.4 Å². The lowest BCUT2D eigenvalue weighted by Crippen LogP contribution is -2.44. The third-order valence-corrected chi connectivity index (χ3v) is 4.06. The van der Waals surface area contributed by atoms with Crippen LogP contribution in [-0.4, -0.2) is 21.9 Å². The molecule has 0 aromatic carbocycles. The highest BCUT2D eigenvalue weighted by Gasteiger charge is 2.40. The van der Waals surface area contributed by atoms with E-state index in [1.54, 1.807) is 0 Å². The van der Waals surface area contributed by atoms with Crippen LogP contribution in [0.2, 0.25) is 0 Å². The first-order chi connectivity index (χ1) is 5.31. The lowest BCUT2D eigenvalue weighted by molar-refractivity contribution is -0.137. The molecule has 2 rings (SSSR count). The van der Waals surface area contributed by atoms with E-state index in [0.29, 0.717) is 5.37 Å². The molecule has 0 bridgehead atoms. The molecule has 1 unspecified atom stereocenters. The van der Waals surface area contributed by atoms with Crippen LogP contribution in [0.25, 0.3) is 0 Å². The Kier molecular flexibility index (Phi) is 1.89. The molecule has 2 heterocycles. The van der Waals surface area contributed by atoms with Gasteiger partial charge >= 0.3 is 0 Å². The second-order valence-corrected chi connectivity index (χ2v) is 5.24. The highest BCUT2D eigenvalue weighted by Crippen LogP contribution is 2.45. The Morgan fingerprint density at radius 3 is 3.27 bits per heavy atom. The molecule has 0 aliphatic carbocycles. The Labute approximate surface area is 74.4 Å². The van der Waals surface area contributed by atoms with Crippen LogP contribution in [0.5, 0.6) is 0 Å². The first-order valence-electron chi connectivity index (χ1n) is 3.63. The summed E-state index contributed by atoms with van der Waals surface area (Å²) in [5, 5.41) is 0.441. The van der Waals surface area contributed by atoms with Crippen molar-refractivity contribution in [3.8, 4) is 0 Å². The zero-order chi connectivity index (χ0) is 7.84. The summed E-state index contributed by atoms with van der Waals surface area (Å²) >= 11 is 3.64. The minimum atomic E-state index is 0.272. The molecule has 4 heteroatoms. The van der Waals surface area contributed by atoms with Crippen molar-refractivity contribution in [1.29, 1.82) is 0 Å². The highest BCUT2D eigenvalue weighted by atomic mass is 32.2. The Morgan fingerprint density at radius 1 is 1.91 bits per heavy atom. The van der Waals surface area contributed by atoms with Crippen LogP contribution >= 0.6 is 23.5 Å². The number of rotatable bonds is 2. The van der Waals surface area contributed by atoms with Crippen LogP contribution in [0.15, 0.2) is 10.4 Å². The third kappa shape index (κ3) is 1.18. The maximum absolute atomic E-state index is 10.9. The van der Waals surface area contributed by atoms with Crippen LogP contribution in [0.3, 0.4) is 0 Å². The number of hydrogen-bond donors (Lipinski definition) is 0. The van der Waals surface area contributed by atoms with Crippen molar-refractivity contribution in [2.24, 2.45) is 0 Å². The first kappa shape index (κ1) is 7.55. The predicted octanol–water partition coefficient (Wildman–Crippen LogP) is 1.84. The molecule has 2 aliphatic rings. The van der Waals surface area contributed by atoms with E-state index in [0.717, 1.165) is 12.2 Å². The van der Waals surface area contributed by atoms with Gasteiger partial charge in [0.2, 0.25) is 5.91 Å². The number of hydrogen-bond acceptors (Lipinski definition) is 3. The van der Waals surface area contributed by atoms with Crippen LogP contribution in [0.1, 0.15) is 13.3 Å². The van der Waals surface area contributed by atoms with Crippen molar-refractivity contribution >= 4 is 29.4 Å². The molecule has 11 heavy (non-hydrogen) atoms. The SMILES string of the molecule is CCSC1=CN2C(=O)CC2S1. The molecule has 0 radical (unpaired) electrons. The number of fused-ring (bicyclic) bond motifs is 1. The molecule has 0 saturated carbocycles. The van der Waals surface area contributed by atoms with E-state index in [9.17, 15) is 4.79 Å². The van der Waals surface area contributed by atoms with Crippen molar-refractivity contribution in [2.75, 3.05) is 5.75 Å². The predicted molar refractivity (Wildman–Crippen MR) is 49.1 cm³/mol. The molecule has 60 valence electrons. The Bertz CT molecular complexity index is 226. The fourth-order valence-corrected chi connectivity index (χ4v) is 3.54. The zero-order valence-corrected chi connectivity index (χ0v) is 7.87. The van der Waals surface area contributed by atoms with Gasteiger partial charge in [-0.05, 0) is 5.75 Å². The van der Waals surface area contributed by atoms with Gasteiger partial charge in [0.05, 0.1) is 16.0 Å². The monoisotopic (exact) mass is 187 g/mol. The van der Waals surface area contributed by atoms with E-state index in [-0.39, 0.29) is 5.91 Å². The fraction of sp³-hybridized carbons (Fsp3) is 0.571. The average molecular weight is 187 g/mol. The first-order valence-corrected chi connectivity index (χ1v) is 5.50. The van der Waals surface area contributed by atoms with Crippen LogP contribution in [0.4, 0.5) is 0 Å². The molecule has 2 nitrogen and oxygen atoms in total. The molecule has 1 amide bonds. The summed E-state index contributed by atoms with van der Waals surface area (Å²) in [6.45, 7) is 2.13. The molecule has 1 saturated heterocycles. The summed E-state index contributed by atoms with van der Waals surface area (Å²) in [5.41, 5.74) is 0. The summed E-state index contributed by atoms with van der Waals surface area (Å²) in [4.78, 5) is 12.8. The minimum Gasteiger partial charge on any atom is -0.304 e. The minimum absolute atomic E-state index is 0.272. The van der Waals surface area contributed by atoms with Gasteiger partial charge in [0, 0.05) is 6.20 Å². The normalized spacial score (nSPS) is 28.1. The van der Waals surface area contributed by atoms with Gasteiger partial charge in [-0.25, -0.2) is 0 Å². The molecule has 1 atom stereocenters. The second kappa shape index (κ2) is 2.75. The zero-order valence-electron chi connectivity index (χ0n) is 6.24. The van der Waals surface area contributed by atoms with Crippen LogP contribution in [0, 0.1) is 0 Å². The van der Waals surface area contributed by atoms with E-state index in [1.807, 2.05) is 34.6 Å². The number of thioether (sulfide) groups is 2. The molecule has 0 aromatic rings. The quantitative estimate of drug-likeness (QED) is 0.615. The molecule has 0 spiro atoms. The van der Waals surface area contributed by atoms with Gasteiger partial charge in [-0.3, -0.25) is 4.79 Å². The summed E-state index contributed by atoms with van der Waals surface area (Å²) < 4.78 is 1.29. The number of carbonyl (C=O) groups is 1. The average Bonchev–Trinajstić information content (AvgIpc) is 2.29. The largest absolute Gasteiger partial charge is 0.304 e. The van der Waals surface area contributed by atoms with Crippen molar-refractivity contribution in [2.45, 2.75) is 18.7 Å². The van der Waals surface area contributed by atoms with Gasteiger partial charge in [-0.2, -0.15) is 0 Å². The molecule has 1 fully saturated rings. The van der Waals surface area contributed by atoms with E-state index >= 15 is 0 Å². The van der Waals surface area contributed by atoms with E-state index in [4.69, 9.17) is 0 Å². The van der Waals surface area contributed by atoms with Crippen molar-refractivity contribution < 1.29 is 4.79 Å². The third-order valence-electron chi connectivity index (χ3n) is 1.73. The Hall–Kier alpha value is -0.0900. The number of nitrogens with zero attached hydrogens (tertiary/aromatic N) is 1. The van der Waals surface area contributed by atoms with E-state index in [2.05, 4.69) is 6.92 Å². The highest BCUT2D eigenvalue weighted by molar-refractivity contribution is 8.22. The topological polar surface area (TPSA) is 20.3 Å². The van der Waals surface area contributed by atoms with Gasteiger partial charge < -0.3 is 4.90 Å². The summed E-state index contributed by atoms with van der Waals surface area (Å²) in [6, 6.07) is 0. The maximum atomic E-state index is 10.9. The number of β-lactam (4-membered cyclic amide) rings is 1. The second-order valence-electron chi connectivity index (χ2n) is 2.46. The van der Waals surface area contributed by atoms with Gasteiger partial charge in [0.1, 0.15) is 0 Å². The van der Waals surface area contributed by atoms with Crippen molar-refractivity contribution in [3.63, 3.8) is 0 Å². The lowest BCUT2D eigenvalue weighted by Gasteiger charge is -2.31. The fourth-order valence-electron chi connectivity index (χ4n) is 1.15. The van der Waals surface area contributed by atoms with Gasteiger partial charge in [0.15, 0.2) is 0 Å². The number of amides is 1. The summed E-state index contributed by atoms with van der Waals surface area (Å²) in [6.07, 6.45) is 2.71. The van der Waals surface area contributed by atoms with Crippen LogP contribution in [-0.2, 0) is 4.79 Å². The smallest absolute Gasteiger partial charge is 0.230 e. The Morgan fingerprint density at radius 2 is 2.73 bits per heavy atom. The molecular weight excluding hydrogens is 178 g/mol. The molecular formula is C7H9NOS2. The van der Waals surface area contributed by atoms with Gasteiger partial charge in [-0.15, -0.1) is 11.8 Å². The Balaban J connectivity index is 2.00. The molecule has 0 aromatic heterocycles. The summed E-state index contributed by atoms with van der Waals surface area (Å²) in [5.74, 6) is 1.36. The lowest BCUT2D eigenvalue weighted by atomic mass is 10.2. The summed E-state index contributed by atoms with van der Waals surface area (Å²) in [7, 11) is 0.